The second kappa shape index (κ2) is 3.90. The van der Waals surface area contributed by atoms with Crippen LogP contribution in [-0.4, -0.2) is 27.8 Å². The Kier molecular flexibility index (Phi) is 2.99. The lowest BCUT2D eigenvalue weighted by Gasteiger charge is -2.09. The Hall–Kier alpha value is -1.56. The molecule has 1 aromatic rings. The topological polar surface area (TPSA) is 67.3 Å². The minimum atomic E-state index is -4.52. The SMILES string of the molecule is O=C(O)C(F)(F)C(=O)c1ncccc1Cl. The molecule has 15 heavy (non-hydrogen) atoms. The van der Waals surface area contributed by atoms with Crippen molar-refractivity contribution in [2.24, 2.45) is 0 Å². The summed E-state index contributed by atoms with van der Waals surface area (Å²) in [7, 11) is 0. The molecule has 0 saturated carbocycles. The highest BCUT2D eigenvalue weighted by atomic mass is 35.5. The average Bonchev–Trinajstić information content (AvgIpc) is 2.17. The van der Waals surface area contributed by atoms with Crippen LogP contribution in [0.1, 0.15) is 10.5 Å². The minimum absolute atomic E-state index is 0.316. The maximum Gasteiger partial charge on any atom is 0.405 e. The number of nitrogens with zero attached hydrogens (tertiary/aromatic N) is 1. The van der Waals surface area contributed by atoms with Gasteiger partial charge in [-0.2, -0.15) is 8.78 Å². The molecule has 0 aromatic carbocycles. The summed E-state index contributed by atoms with van der Waals surface area (Å²) >= 11 is 5.42. The van der Waals surface area contributed by atoms with Gasteiger partial charge in [0.05, 0.1) is 5.02 Å². The Morgan fingerprint density at radius 2 is 2.07 bits per heavy atom. The molecule has 0 atom stereocenters. The van der Waals surface area contributed by atoms with Crippen molar-refractivity contribution in [3.8, 4) is 0 Å². The first-order valence-electron chi connectivity index (χ1n) is 3.64. The number of carboxylic acids is 1. The molecule has 1 N–H and O–H groups in total. The summed E-state index contributed by atoms with van der Waals surface area (Å²) in [5.74, 6) is -8.98. The zero-order valence-electron chi connectivity index (χ0n) is 7.08. The van der Waals surface area contributed by atoms with Crippen LogP contribution >= 0.6 is 11.6 Å². The lowest BCUT2D eigenvalue weighted by molar-refractivity contribution is -0.157. The van der Waals surface area contributed by atoms with Crippen LogP contribution in [0.5, 0.6) is 0 Å². The third-order valence-electron chi connectivity index (χ3n) is 1.53. The van der Waals surface area contributed by atoms with Gasteiger partial charge in [-0.15, -0.1) is 0 Å². The number of alkyl halides is 2. The van der Waals surface area contributed by atoms with Crippen molar-refractivity contribution in [1.82, 2.24) is 4.98 Å². The number of ketones is 1. The van der Waals surface area contributed by atoms with Crippen LogP contribution in [0.2, 0.25) is 5.02 Å². The molecule has 7 heteroatoms. The van der Waals surface area contributed by atoms with E-state index in [9.17, 15) is 18.4 Å². The number of Topliss-reactive ketones (excluding diaryl/α,β-unsaturated/α-hetero) is 1. The fourth-order valence-electron chi connectivity index (χ4n) is 0.799. The molecule has 1 heterocycles. The second-order valence-electron chi connectivity index (χ2n) is 2.54. The number of halogens is 3. The van der Waals surface area contributed by atoms with Gasteiger partial charge >= 0.3 is 11.9 Å². The van der Waals surface area contributed by atoms with Crippen LogP contribution in [0.4, 0.5) is 8.78 Å². The van der Waals surface area contributed by atoms with Crippen molar-refractivity contribution in [2.45, 2.75) is 5.92 Å². The van der Waals surface area contributed by atoms with Crippen LogP contribution in [0.3, 0.4) is 0 Å². The highest BCUT2D eigenvalue weighted by Gasteiger charge is 2.49. The molecule has 0 radical (unpaired) electrons. The third-order valence-corrected chi connectivity index (χ3v) is 1.83. The van der Waals surface area contributed by atoms with E-state index < -0.39 is 23.4 Å². The summed E-state index contributed by atoms with van der Waals surface area (Å²) in [6, 6.07) is 2.50. The summed E-state index contributed by atoms with van der Waals surface area (Å²) in [4.78, 5) is 24.5. The first-order chi connectivity index (χ1) is 6.87. The number of hydrogen-bond donors (Lipinski definition) is 1. The number of aromatic nitrogens is 1. The predicted molar refractivity (Wildman–Crippen MR) is 46.2 cm³/mol. The number of hydrogen-bond acceptors (Lipinski definition) is 3. The second-order valence-corrected chi connectivity index (χ2v) is 2.95. The molecule has 1 aromatic heterocycles. The molecule has 0 aliphatic carbocycles. The van der Waals surface area contributed by atoms with E-state index in [1.807, 2.05) is 0 Å². The summed E-state index contributed by atoms with van der Waals surface area (Å²) in [5, 5.41) is 7.81. The van der Waals surface area contributed by atoms with E-state index >= 15 is 0 Å². The molecule has 0 saturated heterocycles. The van der Waals surface area contributed by atoms with Crippen LogP contribution in [-0.2, 0) is 4.79 Å². The van der Waals surface area contributed by atoms with Gasteiger partial charge in [-0.05, 0) is 12.1 Å². The molecule has 0 aliphatic rings. The molecule has 0 unspecified atom stereocenters. The van der Waals surface area contributed by atoms with Crippen molar-refractivity contribution in [1.29, 1.82) is 0 Å². The number of aliphatic carboxylic acids is 1. The van der Waals surface area contributed by atoms with Crippen molar-refractivity contribution in [2.75, 3.05) is 0 Å². The third kappa shape index (κ3) is 2.10. The standard InChI is InChI=1S/C8H4ClF2NO3/c9-4-2-1-3-12-5(4)6(13)8(10,11)7(14)15/h1-3H,(H,14,15). The fourth-order valence-corrected chi connectivity index (χ4v) is 1.01. The molecule has 0 bridgehead atoms. The molecule has 0 spiro atoms. The van der Waals surface area contributed by atoms with Gasteiger partial charge in [0.1, 0.15) is 5.69 Å². The van der Waals surface area contributed by atoms with Crippen LogP contribution in [0.15, 0.2) is 18.3 Å². The van der Waals surface area contributed by atoms with Crippen molar-refractivity contribution >= 4 is 23.4 Å². The number of carbonyl (C=O) groups excluding carboxylic acids is 1. The van der Waals surface area contributed by atoms with E-state index in [0.717, 1.165) is 6.20 Å². The Bertz CT molecular complexity index is 422. The maximum atomic E-state index is 12.8. The largest absolute Gasteiger partial charge is 0.476 e. The smallest absolute Gasteiger partial charge is 0.405 e. The van der Waals surface area contributed by atoms with Gasteiger partial charge in [-0.3, -0.25) is 9.78 Å². The van der Waals surface area contributed by atoms with E-state index in [1.165, 1.54) is 12.1 Å². The summed E-state index contributed by atoms with van der Waals surface area (Å²) in [6.45, 7) is 0. The summed E-state index contributed by atoms with van der Waals surface area (Å²) in [6.07, 6.45) is 1.07. The first-order valence-corrected chi connectivity index (χ1v) is 4.01. The van der Waals surface area contributed by atoms with Crippen molar-refractivity contribution in [3.63, 3.8) is 0 Å². The molecule has 4 nitrogen and oxygen atoms in total. The zero-order valence-corrected chi connectivity index (χ0v) is 7.83. The Balaban J connectivity index is 3.16. The van der Waals surface area contributed by atoms with Crippen molar-refractivity contribution < 1.29 is 23.5 Å². The maximum absolute atomic E-state index is 12.8. The summed E-state index contributed by atoms with van der Waals surface area (Å²) in [5.41, 5.74) is -0.758. The average molecular weight is 236 g/mol. The summed E-state index contributed by atoms with van der Waals surface area (Å²) < 4.78 is 25.5. The molecule has 0 amide bonds. The normalized spacial score (nSPS) is 11.1. The molecular weight excluding hydrogens is 232 g/mol. The lowest BCUT2D eigenvalue weighted by atomic mass is 10.1. The Morgan fingerprint density at radius 3 is 2.53 bits per heavy atom. The number of carbonyl (C=O) groups is 2. The van der Waals surface area contributed by atoms with Crippen LogP contribution in [0, 0.1) is 0 Å². The molecule has 0 aliphatic heterocycles. The fraction of sp³-hybridized carbons (Fsp3) is 0.125. The molecule has 80 valence electrons. The highest BCUT2D eigenvalue weighted by molar-refractivity contribution is 6.34. The first kappa shape index (κ1) is 11.5. The zero-order chi connectivity index (χ0) is 11.6. The van der Waals surface area contributed by atoms with Gasteiger partial charge in [0.15, 0.2) is 0 Å². The van der Waals surface area contributed by atoms with Gasteiger partial charge in [0, 0.05) is 6.20 Å². The predicted octanol–water partition coefficient (Wildman–Crippen LogP) is 1.64. The number of pyridine rings is 1. The van der Waals surface area contributed by atoms with Gasteiger partial charge in [-0.1, -0.05) is 11.6 Å². The van der Waals surface area contributed by atoms with Crippen LogP contribution in [0.25, 0.3) is 0 Å². The number of carboxylic acid groups (broad SMARTS) is 1. The van der Waals surface area contributed by atoms with Crippen molar-refractivity contribution in [3.05, 3.63) is 29.0 Å². The lowest BCUT2D eigenvalue weighted by Crippen LogP contribution is -2.38. The molecule has 0 fully saturated rings. The molecular formula is C8H4ClF2NO3. The van der Waals surface area contributed by atoms with E-state index in [2.05, 4.69) is 4.98 Å². The monoisotopic (exact) mass is 235 g/mol. The van der Waals surface area contributed by atoms with E-state index in [1.54, 1.807) is 0 Å². The van der Waals surface area contributed by atoms with E-state index in [4.69, 9.17) is 16.7 Å². The van der Waals surface area contributed by atoms with E-state index in [0.29, 0.717) is 0 Å². The van der Waals surface area contributed by atoms with E-state index in [-0.39, 0.29) is 5.02 Å². The number of rotatable bonds is 3. The minimum Gasteiger partial charge on any atom is -0.476 e. The van der Waals surface area contributed by atoms with Gasteiger partial charge in [0.2, 0.25) is 0 Å². The highest BCUT2D eigenvalue weighted by Crippen LogP contribution is 2.23. The van der Waals surface area contributed by atoms with Gasteiger partial charge in [0.25, 0.3) is 5.78 Å². The van der Waals surface area contributed by atoms with Gasteiger partial charge < -0.3 is 5.11 Å². The Morgan fingerprint density at radius 1 is 1.47 bits per heavy atom. The van der Waals surface area contributed by atoms with Crippen LogP contribution < -0.4 is 0 Å². The Labute approximate surface area is 87.5 Å². The van der Waals surface area contributed by atoms with Gasteiger partial charge in [-0.25, -0.2) is 4.79 Å². The molecule has 1 rings (SSSR count). The quantitative estimate of drug-likeness (QED) is 0.639.